The maximum absolute atomic E-state index is 12.7. The summed E-state index contributed by atoms with van der Waals surface area (Å²) in [6, 6.07) is 14.7. The van der Waals surface area contributed by atoms with Crippen molar-refractivity contribution in [1.29, 1.82) is 0 Å². The lowest BCUT2D eigenvalue weighted by atomic mass is 10.2. The van der Waals surface area contributed by atoms with Gasteiger partial charge in [-0.05, 0) is 44.5 Å². The number of anilines is 1. The Bertz CT molecular complexity index is 1160. The van der Waals surface area contributed by atoms with Crippen LogP contribution in [-0.4, -0.2) is 34.6 Å². The van der Waals surface area contributed by atoms with Crippen molar-refractivity contribution in [2.24, 2.45) is 0 Å². The average molecular weight is 498 g/mol. The van der Waals surface area contributed by atoms with Crippen molar-refractivity contribution >= 4 is 46.6 Å². The first-order valence-corrected chi connectivity index (χ1v) is 12.7. The molecule has 0 aliphatic carbocycles. The van der Waals surface area contributed by atoms with Gasteiger partial charge in [-0.15, -0.1) is 23.1 Å². The maximum Gasteiger partial charge on any atom is 0.339 e. The Kier molecular flexibility index (Phi) is 9.24. The number of amides is 2. The Balaban J connectivity index is 1.52. The molecule has 3 rings (SSSR count). The van der Waals surface area contributed by atoms with Gasteiger partial charge in [0.25, 0.3) is 0 Å². The number of carbonyl (C=O) groups is 3. The topological polar surface area (TPSA) is 97.4 Å². The summed E-state index contributed by atoms with van der Waals surface area (Å²) in [6.07, 6.45) is 0.144. The Labute approximate surface area is 207 Å². The molecule has 0 atom stereocenters. The van der Waals surface area contributed by atoms with Crippen LogP contribution in [0.5, 0.6) is 0 Å². The average Bonchev–Trinajstić information content (AvgIpc) is 3.24. The predicted octanol–water partition coefficient (Wildman–Crippen LogP) is 4.61. The minimum absolute atomic E-state index is 0.00157. The van der Waals surface area contributed by atoms with Crippen molar-refractivity contribution in [3.63, 3.8) is 0 Å². The number of para-hydroxylation sites is 1. The van der Waals surface area contributed by atoms with Crippen LogP contribution in [0, 0.1) is 6.92 Å². The van der Waals surface area contributed by atoms with Crippen LogP contribution < -0.4 is 10.6 Å². The molecule has 0 radical (unpaired) electrons. The molecule has 2 amide bonds. The van der Waals surface area contributed by atoms with Gasteiger partial charge >= 0.3 is 5.97 Å². The van der Waals surface area contributed by atoms with Gasteiger partial charge in [0.15, 0.2) is 0 Å². The second kappa shape index (κ2) is 12.3. The summed E-state index contributed by atoms with van der Waals surface area (Å²) < 4.78 is 5.45. The van der Waals surface area contributed by atoms with Gasteiger partial charge in [0, 0.05) is 22.0 Å². The second-order valence-corrected chi connectivity index (χ2v) is 9.82. The van der Waals surface area contributed by atoms with E-state index in [1.807, 2.05) is 51.1 Å². The molecule has 3 aromatic rings. The number of nitrogens with zero attached hydrogens (tertiary/aromatic N) is 1. The molecular weight excluding hydrogens is 470 g/mol. The highest BCUT2D eigenvalue weighted by atomic mass is 32.2. The van der Waals surface area contributed by atoms with E-state index >= 15 is 0 Å². The molecule has 9 heteroatoms. The number of aryl methyl sites for hydroxylation is 1. The lowest BCUT2D eigenvalue weighted by Crippen LogP contribution is -2.31. The number of aromatic nitrogens is 1. The van der Waals surface area contributed by atoms with Gasteiger partial charge in [0.2, 0.25) is 11.8 Å². The van der Waals surface area contributed by atoms with Gasteiger partial charge in [-0.1, -0.05) is 30.3 Å². The zero-order chi connectivity index (χ0) is 24.5. The monoisotopic (exact) mass is 497 g/mol. The summed E-state index contributed by atoms with van der Waals surface area (Å²) in [5.41, 5.74) is 2.74. The molecular formula is C25H27N3O4S2. The smallest absolute Gasteiger partial charge is 0.339 e. The minimum Gasteiger partial charge on any atom is -0.456 e. The lowest BCUT2D eigenvalue weighted by Gasteiger charge is -2.10. The number of benzene rings is 2. The molecule has 7 nitrogen and oxygen atoms in total. The largest absolute Gasteiger partial charge is 0.456 e. The van der Waals surface area contributed by atoms with Crippen LogP contribution in [0.25, 0.3) is 0 Å². The number of rotatable bonds is 10. The highest BCUT2D eigenvalue weighted by molar-refractivity contribution is 8.00. The molecule has 0 saturated heterocycles. The molecule has 1 aromatic heterocycles. The summed E-state index contributed by atoms with van der Waals surface area (Å²) >= 11 is 2.64. The van der Waals surface area contributed by atoms with Crippen LogP contribution in [-0.2, 0) is 27.4 Å². The van der Waals surface area contributed by atoms with E-state index in [0.29, 0.717) is 21.2 Å². The van der Waals surface area contributed by atoms with E-state index in [1.165, 1.54) is 23.1 Å². The number of nitrogens with one attached hydrogen (secondary N) is 2. The molecule has 2 aromatic carbocycles. The molecule has 1 heterocycles. The number of hydrogen-bond acceptors (Lipinski definition) is 7. The Hall–Kier alpha value is -3.17. The lowest BCUT2D eigenvalue weighted by molar-refractivity contribution is -0.119. The van der Waals surface area contributed by atoms with Crippen LogP contribution >= 0.6 is 23.1 Å². The summed E-state index contributed by atoms with van der Waals surface area (Å²) in [4.78, 5) is 42.0. The number of ether oxygens (including phenoxy) is 1. The SMILES string of the molecule is Cc1ccccc1NC(=O)Cc1nc(COC(=O)c2ccccc2SCC(=O)NC(C)C)cs1. The van der Waals surface area contributed by atoms with E-state index in [9.17, 15) is 14.4 Å². The van der Waals surface area contributed by atoms with Crippen molar-refractivity contribution in [3.8, 4) is 0 Å². The van der Waals surface area contributed by atoms with E-state index in [-0.39, 0.29) is 36.6 Å². The molecule has 178 valence electrons. The van der Waals surface area contributed by atoms with Crippen molar-refractivity contribution in [3.05, 3.63) is 75.7 Å². The first-order chi connectivity index (χ1) is 16.3. The first-order valence-electron chi connectivity index (χ1n) is 10.8. The summed E-state index contributed by atoms with van der Waals surface area (Å²) in [5, 5.41) is 8.14. The van der Waals surface area contributed by atoms with Gasteiger partial charge < -0.3 is 15.4 Å². The van der Waals surface area contributed by atoms with Gasteiger partial charge in [0.1, 0.15) is 11.6 Å². The van der Waals surface area contributed by atoms with Gasteiger partial charge in [-0.25, -0.2) is 9.78 Å². The quantitative estimate of drug-likeness (QED) is 0.314. The third-order valence-electron chi connectivity index (χ3n) is 4.60. The van der Waals surface area contributed by atoms with Crippen molar-refractivity contribution < 1.29 is 19.1 Å². The molecule has 0 aliphatic rings. The van der Waals surface area contributed by atoms with Crippen LogP contribution in [0.2, 0.25) is 0 Å². The molecule has 0 saturated carbocycles. The van der Waals surface area contributed by atoms with Crippen LogP contribution in [0.1, 0.15) is 40.5 Å². The van der Waals surface area contributed by atoms with Crippen molar-refractivity contribution in [2.75, 3.05) is 11.1 Å². The third kappa shape index (κ3) is 7.71. The van der Waals surface area contributed by atoms with Gasteiger partial charge in [-0.3, -0.25) is 9.59 Å². The predicted molar refractivity (Wildman–Crippen MR) is 135 cm³/mol. The van der Waals surface area contributed by atoms with E-state index in [1.54, 1.807) is 23.6 Å². The minimum atomic E-state index is -0.487. The third-order valence-corrected chi connectivity index (χ3v) is 6.57. The fourth-order valence-corrected chi connectivity index (χ4v) is 4.66. The van der Waals surface area contributed by atoms with E-state index in [0.717, 1.165) is 11.3 Å². The van der Waals surface area contributed by atoms with Crippen LogP contribution in [0.15, 0.2) is 58.8 Å². The number of thiazole rings is 1. The summed E-state index contributed by atoms with van der Waals surface area (Å²) in [5.74, 6) is -0.522. The highest BCUT2D eigenvalue weighted by Crippen LogP contribution is 2.24. The van der Waals surface area contributed by atoms with E-state index < -0.39 is 5.97 Å². The molecule has 0 aliphatic heterocycles. The van der Waals surface area contributed by atoms with Crippen LogP contribution in [0.3, 0.4) is 0 Å². The standard InChI is InChI=1S/C25H27N3O4S2/c1-16(2)26-23(30)15-33-21-11-7-5-9-19(21)25(31)32-13-18-14-34-24(27-18)12-22(29)28-20-10-6-4-8-17(20)3/h4-11,14,16H,12-13,15H2,1-3H3,(H,26,30)(H,28,29). The number of hydrogen-bond donors (Lipinski definition) is 2. The maximum atomic E-state index is 12.7. The van der Waals surface area contributed by atoms with Crippen LogP contribution in [0.4, 0.5) is 5.69 Å². The molecule has 0 spiro atoms. The number of thioether (sulfide) groups is 1. The van der Waals surface area contributed by atoms with E-state index in [4.69, 9.17) is 4.74 Å². The number of esters is 1. The highest BCUT2D eigenvalue weighted by Gasteiger charge is 2.16. The van der Waals surface area contributed by atoms with Crippen molar-refractivity contribution in [1.82, 2.24) is 10.3 Å². The fraction of sp³-hybridized carbons (Fsp3) is 0.280. The molecule has 0 fully saturated rings. The first kappa shape index (κ1) is 25.5. The number of carbonyl (C=O) groups excluding carboxylic acids is 3. The summed E-state index contributed by atoms with van der Waals surface area (Å²) in [7, 11) is 0. The zero-order valence-corrected chi connectivity index (χ0v) is 20.9. The van der Waals surface area contributed by atoms with Gasteiger partial charge in [-0.2, -0.15) is 0 Å². The molecule has 2 N–H and O–H groups in total. The van der Waals surface area contributed by atoms with Gasteiger partial charge in [0.05, 0.1) is 23.4 Å². The zero-order valence-electron chi connectivity index (χ0n) is 19.3. The molecule has 0 bridgehead atoms. The summed E-state index contributed by atoms with van der Waals surface area (Å²) in [6.45, 7) is 5.73. The second-order valence-electron chi connectivity index (χ2n) is 7.86. The Morgan fingerprint density at radius 2 is 1.79 bits per heavy atom. The molecule has 34 heavy (non-hydrogen) atoms. The Morgan fingerprint density at radius 1 is 1.06 bits per heavy atom. The Morgan fingerprint density at radius 3 is 2.56 bits per heavy atom. The fourth-order valence-electron chi connectivity index (χ4n) is 3.03. The van der Waals surface area contributed by atoms with E-state index in [2.05, 4.69) is 15.6 Å². The normalized spacial score (nSPS) is 10.7. The molecule has 0 unspecified atom stereocenters. The van der Waals surface area contributed by atoms with Crippen molar-refractivity contribution in [2.45, 2.75) is 44.7 Å².